The second-order valence-electron chi connectivity index (χ2n) is 2.96. The molecule has 64 valence electrons. The number of unbranched alkanes of at least 4 members (excludes halogenated alkanes) is 2. The summed E-state index contributed by atoms with van der Waals surface area (Å²) in [5, 5.41) is 0. The lowest BCUT2D eigenvalue weighted by atomic mass is 10.3. The molecule has 0 aromatic rings. The van der Waals surface area contributed by atoms with Crippen molar-refractivity contribution in [2.45, 2.75) is 32.7 Å². The molecular weight excluding hydrogens is 160 g/mol. The van der Waals surface area contributed by atoms with Crippen LogP contribution in [0.4, 0.5) is 0 Å². The Kier molecular flexibility index (Phi) is 5.25. The molecule has 0 heterocycles. The van der Waals surface area contributed by atoms with Crippen LogP contribution in [-0.2, 0) is 0 Å². The van der Waals surface area contributed by atoms with Crippen molar-refractivity contribution in [1.82, 2.24) is 0 Å². The Morgan fingerprint density at radius 3 is 2.67 bits per heavy atom. The van der Waals surface area contributed by atoms with Crippen molar-refractivity contribution in [3.63, 3.8) is 0 Å². The minimum absolute atomic E-state index is 0.967. The largest absolute Gasteiger partial charge is 0.235 e. The Labute approximate surface area is 77.1 Å². The smallest absolute Gasteiger partial charge is 0.126 e. The van der Waals surface area contributed by atoms with Crippen molar-refractivity contribution in [1.29, 1.82) is 0 Å². The van der Waals surface area contributed by atoms with Crippen LogP contribution in [0, 0.1) is 23.4 Å². The first kappa shape index (κ1) is 11.1. The van der Waals surface area contributed by atoms with E-state index in [0.717, 1.165) is 6.42 Å². The molecule has 0 spiro atoms. The maximum Gasteiger partial charge on any atom is 0.235 e. The Morgan fingerprint density at radius 1 is 1.58 bits per heavy atom. The first-order chi connectivity index (χ1) is 5.68. The fourth-order valence-electron chi connectivity index (χ4n) is 0.657. The van der Waals surface area contributed by atoms with Crippen molar-refractivity contribution in [2.75, 3.05) is 0 Å². The molecule has 0 rings (SSSR count). The van der Waals surface area contributed by atoms with Gasteiger partial charge < -0.3 is 0 Å². The van der Waals surface area contributed by atoms with Gasteiger partial charge in [-0.3, -0.25) is 0 Å². The zero-order chi connectivity index (χ0) is 9.45. The Balaban J connectivity index is 4.09. The van der Waals surface area contributed by atoms with E-state index in [2.05, 4.69) is 30.5 Å². The number of hydrogen-bond donors (Lipinski definition) is 0. The minimum Gasteiger partial charge on any atom is -0.126 e. The summed E-state index contributed by atoms with van der Waals surface area (Å²) >= 11 is 0. The normalized spacial score (nSPS) is 13.4. The fourth-order valence-corrected chi connectivity index (χ4v) is 1.44. The third-order valence-corrected chi connectivity index (χ3v) is 3.82. The molecule has 0 radical (unpaired) electrons. The first-order valence-electron chi connectivity index (χ1n) is 4.30. The average molecular weight is 176 g/mol. The number of hydrogen-bond acceptors (Lipinski definition) is 0. The highest BCUT2D eigenvalue weighted by Crippen LogP contribution is 2.00. The van der Waals surface area contributed by atoms with Crippen LogP contribution in [0.5, 0.6) is 0 Å². The van der Waals surface area contributed by atoms with Gasteiger partial charge in [-0.05, 0) is 13.0 Å². The molecule has 1 atom stereocenters. The lowest BCUT2D eigenvalue weighted by molar-refractivity contribution is 0.828. The van der Waals surface area contributed by atoms with Crippen LogP contribution in [-0.4, -0.2) is 8.07 Å². The SMILES string of the molecule is C#C[Si](C)(C#CCCCC)C=C. The topological polar surface area (TPSA) is 0 Å². The van der Waals surface area contributed by atoms with E-state index < -0.39 is 8.07 Å². The van der Waals surface area contributed by atoms with Crippen molar-refractivity contribution < 1.29 is 0 Å². The third-order valence-electron chi connectivity index (χ3n) is 1.71. The predicted molar refractivity (Wildman–Crippen MR) is 57.9 cm³/mol. The molecule has 0 aromatic heterocycles. The van der Waals surface area contributed by atoms with Gasteiger partial charge in [0.25, 0.3) is 0 Å². The van der Waals surface area contributed by atoms with E-state index in [1.165, 1.54) is 12.8 Å². The van der Waals surface area contributed by atoms with Gasteiger partial charge in [0.1, 0.15) is 0 Å². The van der Waals surface area contributed by atoms with Gasteiger partial charge in [0.15, 0.2) is 0 Å². The van der Waals surface area contributed by atoms with Crippen molar-refractivity contribution in [3.8, 4) is 23.4 Å². The third kappa shape index (κ3) is 4.06. The summed E-state index contributed by atoms with van der Waals surface area (Å²) in [7, 11) is -1.82. The average Bonchev–Trinajstić information content (AvgIpc) is 2.12. The maximum atomic E-state index is 5.37. The second kappa shape index (κ2) is 5.69. The van der Waals surface area contributed by atoms with Crippen LogP contribution in [0.1, 0.15) is 26.2 Å². The van der Waals surface area contributed by atoms with Gasteiger partial charge in [0.05, 0.1) is 0 Å². The van der Waals surface area contributed by atoms with E-state index in [9.17, 15) is 0 Å². The molecule has 0 saturated heterocycles. The molecule has 0 fully saturated rings. The molecule has 0 saturated carbocycles. The predicted octanol–water partition coefficient (Wildman–Crippen LogP) is 2.70. The second-order valence-corrected chi connectivity index (χ2v) is 6.31. The molecule has 1 unspecified atom stereocenters. The molecule has 0 N–H and O–H groups in total. The van der Waals surface area contributed by atoms with Gasteiger partial charge in [-0.15, -0.1) is 30.0 Å². The van der Waals surface area contributed by atoms with Crippen LogP contribution in [0.15, 0.2) is 12.3 Å². The Morgan fingerprint density at radius 2 is 2.25 bits per heavy atom. The van der Waals surface area contributed by atoms with E-state index in [4.69, 9.17) is 6.42 Å². The molecule has 0 aliphatic rings. The van der Waals surface area contributed by atoms with Gasteiger partial charge in [-0.1, -0.05) is 19.0 Å². The van der Waals surface area contributed by atoms with Crippen LogP contribution in [0.25, 0.3) is 0 Å². The molecule has 0 nitrogen and oxygen atoms in total. The van der Waals surface area contributed by atoms with Gasteiger partial charge in [-0.2, -0.15) is 0 Å². The molecule has 0 bridgehead atoms. The zero-order valence-electron chi connectivity index (χ0n) is 7.98. The van der Waals surface area contributed by atoms with E-state index in [1.54, 1.807) is 0 Å². The summed E-state index contributed by atoms with van der Waals surface area (Å²) in [5.41, 5.74) is 7.77. The Hall–Kier alpha value is -0.923. The van der Waals surface area contributed by atoms with E-state index in [-0.39, 0.29) is 0 Å². The summed E-state index contributed by atoms with van der Waals surface area (Å²) in [6.07, 6.45) is 8.69. The first-order valence-corrected chi connectivity index (χ1v) is 6.87. The zero-order valence-corrected chi connectivity index (χ0v) is 8.98. The molecular formula is C11H16Si. The summed E-state index contributed by atoms with van der Waals surface area (Å²) in [6.45, 7) is 7.92. The Bertz CT molecular complexity index is 236. The summed E-state index contributed by atoms with van der Waals surface area (Å²) < 4.78 is 0. The fraction of sp³-hybridized carbons (Fsp3) is 0.455. The molecule has 0 aromatic carbocycles. The highest BCUT2D eigenvalue weighted by Gasteiger charge is 2.15. The van der Waals surface area contributed by atoms with Gasteiger partial charge >= 0.3 is 0 Å². The van der Waals surface area contributed by atoms with E-state index in [1.807, 2.05) is 12.2 Å². The van der Waals surface area contributed by atoms with E-state index in [0.29, 0.717) is 0 Å². The quantitative estimate of drug-likeness (QED) is 0.352. The molecule has 0 aliphatic heterocycles. The highest BCUT2D eigenvalue weighted by atomic mass is 28.3. The van der Waals surface area contributed by atoms with Crippen LogP contribution in [0.2, 0.25) is 6.55 Å². The van der Waals surface area contributed by atoms with Gasteiger partial charge in [-0.25, -0.2) is 0 Å². The summed E-state index contributed by atoms with van der Waals surface area (Å²) in [5.74, 6) is 3.13. The lowest BCUT2D eigenvalue weighted by Crippen LogP contribution is -2.22. The molecule has 12 heavy (non-hydrogen) atoms. The van der Waals surface area contributed by atoms with Crippen LogP contribution < -0.4 is 0 Å². The van der Waals surface area contributed by atoms with E-state index >= 15 is 0 Å². The maximum absolute atomic E-state index is 5.37. The van der Waals surface area contributed by atoms with Crippen molar-refractivity contribution >= 4 is 8.07 Å². The molecule has 0 amide bonds. The lowest BCUT2D eigenvalue weighted by Gasteiger charge is -2.04. The summed E-state index contributed by atoms with van der Waals surface area (Å²) in [4.78, 5) is 0. The molecule has 0 aliphatic carbocycles. The minimum atomic E-state index is -1.82. The number of rotatable bonds is 3. The van der Waals surface area contributed by atoms with Crippen molar-refractivity contribution in [2.24, 2.45) is 0 Å². The van der Waals surface area contributed by atoms with Crippen LogP contribution in [0.3, 0.4) is 0 Å². The molecule has 1 heteroatoms. The van der Waals surface area contributed by atoms with Crippen molar-refractivity contribution in [3.05, 3.63) is 12.3 Å². The highest BCUT2D eigenvalue weighted by molar-refractivity contribution is 6.97. The van der Waals surface area contributed by atoms with Crippen LogP contribution >= 0.6 is 0 Å². The van der Waals surface area contributed by atoms with Gasteiger partial charge in [0, 0.05) is 6.42 Å². The number of terminal acetylenes is 1. The standard InChI is InChI=1S/C11H16Si/c1-5-8-9-10-11-12(4,6-2)7-3/h2,7H,3,5,8-9H2,1,4H3. The monoisotopic (exact) mass is 176 g/mol. The summed E-state index contributed by atoms with van der Waals surface area (Å²) in [6, 6.07) is 0. The van der Waals surface area contributed by atoms with Gasteiger partial charge in [0.2, 0.25) is 8.07 Å².